The molecule has 0 aromatic rings. The molecule has 0 aromatic carbocycles. The van der Waals surface area contributed by atoms with Gasteiger partial charge in [-0.05, 0) is 12.3 Å². The zero-order valence-electron chi connectivity index (χ0n) is 9.02. The molecular formula is C10H22O2. The molecule has 1 atom stereocenters. The Hall–Kier alpha value is -0.0800. The molecule has 0 N–H and O–H groups in total. The van der Waals surface area contributed by atoms with Crippen LogP contribution < -0.4 is 0 Å². The van der Waals surface area contributed by atoms with Crippen molar-refractivity contribution < 1.29 is 9.47 Å². The van der Waals surface area contributed by atoms with Crippen molar-refractivity contribution in [3.63, 3.8) is 0 Å². The van der Waals surface area contributed by atoms with Crippen LogP contribution in [-0.4, -0.2) is 26.4 Å². The van der Waals surface area contributed by atoms with Crippen LogP contribution in [0.4, 0.5) is 0 Å². The molecule has 12 heavy (non-hydrogen) atoms. The molecule has 2 nitrogen and oxygen atoms in total. The van der Waals surface area contributed by atoms with Crippen LogP contribution in [0.1, 0.15) is 33.6 Å². The second-order valence-corrected chi connectivity index (χ2v) is 3.61. The van der Waals surface area contributed by atoms with Gasteiger partial charge in [0.05, 0.1) is 12.2 Å². The third-order valence-corrected chi connectivity index (χ3v) is 2.52. The second-order valence-electron chi connectivity index (χ2n) is 3.61. The third-order valence-electron chi connectivity index (χ3n) is 2.52. The van der Waals surface area contributed by atoms with E-state index in [-0.39, 0.29) is 5.60 Å². The summed E-state index contributed by atoms with van der Waals surface area (Å²) >= 11 is 0. The Labute approximate surface area is 76.3 Å². The van der Waals surface area contributed by atoms with Crippen LogP contribution in [0.15, 0.2) is 0 Å². The van der Waals surface area contributed by atoms with Crippen molar-refractivity contribution >= 4 is 0 Å². The maximum absolute atomic E-state index is 5.56. The van der Waals surface area contributed by atoms with E-state index in [1.165, 1.54) is 0 Å². The number of methoxy groups -OCH3 is 2. The molecular weight excluding hydrogens is 152 g/mol. The molecule has 0 aromatic heterocycles. The van der Waals surface area contributed by atoms with Gasteiger partial charge in [0.1, 0.15) is 0 Å². The van der Waals surface area contributed by atoms with E-state index in [4.69, 9.17) is 9.47 Å². The number of rotatable bonds is 6. The molecule has 0 unspecified atom stereocenters. The van der Waals surface area contributed by atoms with Gasteiger partial charge in [0.15, 0.2) is 0 Å². The molecule has 0 rings (SSSR count). The van der Waals surface area contributed by atoms with Crippen LogP contribution in [0.25, 0.3) is 0 Å². The Balaban J connectivity index is 4.28. The van der Waals surface area contributed by atoms with Gasteiger partial charge in [-0.3, -0.25) is 0 Å². The van der Waals surface area contributed by atoms with E-state index in [1.54, 1.807) is 14.2 Å². The first-order valence-corrected chi connectivity index (χ1v) is 4.67. The van der Waals surface area contributed by atoms with Crippen molar-refractivity contribution in [2.45, 2.75) is 39.2 Å². The van der Waals surface area contributed by atoms with Gasteiger partial charge in [-0.25, -0.2) is 0 Å². The molecule has 0 aliphatic rings. The van der Waals surface area contributed by atoms with Crippen molar-refractivity contribution in [3.05, 3.63) is 0 Å². The summed E-state index contributed by atoms with van der Waals surface area (Å²) < 4.78 is 10.7. The van der Waals surface area contributed by atoms with Gasteiger partial charge >= 0.3 is 0 Å². The van der Waals surface area contributed by atoms with Crippen molar-refractivity contribution in [1.29, 1.82) is 0 Å². The fourth-order valence-corrected chi connectivity index (χ4v) is 1.59. The molecule has 74 valence electrons. The summed E-state index contributed by atoms with van der Waals surface area (Å²) in [6.45, 7) is 7.22. The first-order valence-electron chi connectivity index (χ1n) is 4.67. The van der Waals surface area contributed by atoms with Gasteiger partial charge in [0, 0.05) is 14.2 Å². The molecule has 2 heteroatoms. The average molecular weight is 174 g/mol. The highest BCUT2D eigenvalue weighted by Crippen LogP contribution is 2.26. The molecule has 0 spiro atoms. The number of ether oxygens (including phenoxy) is 2. The van der Waals surface area contributed by atoms with E-state index in [9.17, 15) is 0 Å². The van der Waals surface area contributed by atoms with Crippen LogP contribution in [0, 0.1) is 5.92 Å². The van der Waals surface area contributed by atoms with E-state index in [2.05, 4.69) is 20.8 Å². The van der Waals surface area contributed by atoms with Gasteiger partial charge < -0.3 is 9.47 Å². The van der Waals surface area contributed by atoms with E-state index < -0.39 is 0 Å². The van der Waals surface area contributed by atoms with Crippen molar-refractivity contribution in [2.24, 2.45) is 5.92 Å². The molecule has 0 saturated carbocycles. The lowest BCUT2D eigenvalue weighted by molar-refractivity contribution is -0.0996. The standard InChI is InChI=1S/C10H22O2/c1-6-7-10(12-5,8-11-4)9(2)3/h9H,6-8H2,1-5H3/t10-/m0/s1. The lowest BCUT2D eigenvalue weighted by Gasteiger charge is -2.35. The summed E-state index contributed by atoms with van der Waals surface area (Å²) in [5.41, 5.74) is -0.0799. The normalized spacial score (nSPS) is 16.5. The Kier molecular flexibility index (Phi) is 5.51. The van der Waals surface area contributed by atoms with E-state index in [0.717, 1.165) is 12.8 Å². The molecule has 0 radical (unpaired) electrons. The lowest BCUT2D eigenvalue weighted by Crippen LogP contribution is -2.41. The Bertz CT molecular complexity index is 104. The number of hydrogen-bond acceptors (Lipinski definition) is 2. The van der Waals surface area contributed by atoms with Gasteiger partial charge in [-0.2, -0.15) is 0 Å². The van der Waals surface area contributed by atoms with Gasteiger partial charge in [0.25, 0.3) is 0 Å². The monoisotopic (exact) mass is 174 g/mol. The summed E-state index contributed by atoms with van der Waals surface area (Å²) in [7, 11) is 3.50. The summed E-state index contributed by atoms with van der Waals surface area (Å²) in [6.07, 6.45) is 2.20. The minimum Gasteiger partial charge on any atom is -0.382 e. The zero-order chi connectivity index (χ0) is 9.61. The maximum atomic E-state index is 5.56. The first kappa shape index (κ1) is 11.9. The minimum atomic E-state index is -0.0799. The fraction of sp³-hybridized carbons (Fsp3) is 1.00. The molecule has 0 heterocycles. The highest BCUT2D eigenvalue weighted by atomic mass is 16.5. The van der Waals surface area contributed by atoms with Crippen molar-refractivity contribution in [3.8, 4) is 0 Å². The number of hydrogen-bond donors (Lipinski definition) is 0. The van der Waals surface area contributed by atoms with Gasteiger partial charge in [-0.15, -0.1) is 0 Å². The molecule has 0 bridgehead atoms. The molecule has 0 fully saturated rings. The quantitative estimate of drug-likeness (QED) is 0.616. The smallest absolute Gasteiger partial charge is 0.0933 e. The Morgan fingerprint density at radius 1 is 1.25 bits per heavy atom. The summed E-state index contributed by atoms with van der Waals surface area (Å²) in [6, 6.07) is 0. The maximum Gasteiger partial charge on any atom is 0.0933 e. The molecule has 0 aliphatic carbocycles. The predicted octanol–water partition coefficient (Wildman–Crippen LogP) is 2.47. The highest BCUT2D eigenvalue weighted by molar-refractivity contribution is 4.83. The van der Waals surface area contributed by atoms with Crippen LogP contribution in [-0.2, 0) is 9.47 Å². The van der Waals surface area contributed by atoms with Crippen LogP contribution >= 0.6 is 0 Å². The zero-order valence-corrected chi connectivity index (χ0v) is 9.02. The van der Waals surface area contributed by atoms with Crippen LogP contribution in [0.2, 0.25) is 0 Å². The molecule has 0 amide bonds. The molecule has 0 saturated heterocycles. The van der Waals surface area contributed by atoms with Crippen molar-refractivity contribution in [2.75, 3.05) is 20.8 Å². The predicted molar refractivity (Wildman–Crippen MR) is 51.4 cm³/mol. The van der Waals surface area contributed by atoms with E-state index >= 15 is 0 Å². The van der Waals surface area contributed by atoms with E-state index in [0.29, 0.717) is 12.5 Å². The second kappa shape index (κ2) is 5.55. The largest absolute Gasteiger partial charge is 0.382 e. The Morgan fingerprint density at radius 2 is 1.83 bits per heavy atom. The van der Waals surface area contributed by atoms with Crippen LogP contribution in [0.5, 0.6) is 0 Å². The molecule has 0 aliphatic heterocycles. The lowest BCUT2D eigenvalue weighted by atomic mass is 9.86. The highest BCUT2D eigenvalue weighted by Gasteiger charge is 2.32. The van der Waals surface area contributed by atoms with Crippen molar-refractivity contribution in [1.82, 2.24) is 0 Å². The summed E-state index contributed by atoms with van der Waals surface area (Å²) in [4.78, 5) is 0. The minimum absolute atomic E-state index is 0.0799. The van der Waals surface area contributed by atoms with Gasteiger partial charge in [0.2, 0.25) is 0 Å². The third kappa shape index (κ3) is 2.76. The topological polar surface area (TPSA) is 18.5 Å². The first-order chi connectivity index (χ1) is 5.63. The Morgan fingerprint density at radius 3 is 2.08 bits per heavy atom. The van der Waals surface area contributed by atoms with Gasteiger partial charge in [-0.1, -0.05) is 27.2 Å². The summed E-state index contributed by atoms with van der Waals surface area (Å²) in [5.74, 6) is 0.502. The van der Waals surface area contributed by atoms with Crippen LogP contribution in [0.3, 0.4) is 0 Å². The summed E-state index contributed by atoms with van der Waals surface area (Å²) in [5, 5.41) is 0. The average Bonchev–Trinajstić information content (AvgIpc) is 2.03. The fourth-order valence-electron chi connectivity index (χ4n) is 1.59. The van der Waals surface area contributed by atoms with E-state index in [1.807, 2.05) is 0 Å². The SMILES string of the molecule is CCC[C@@](COC)(OC)C(C)C.